The SMILES string of the molecule is Cn1c(=O)n2n(c1=O)[C@@H]1[C@H]3[C@@H]4[C@@H]5[C@H]3[C@]13CS(=O)(=O)C[C@@]53[C@@H]42. The van der Waals surface area contributed by atoms with E-state index in [4.69, 9.17) is 0 Å². The van der Waals surface area contributed by atoms with Crippen LogP contribution in [-0.4, -0.2) is 33.9 Å². The summed E-state index contributed by atoms with van der Waals surface area (Å²) in [7, 11) is -1.52. The van der Waals surface area contributed by atoms with Gasteiger partial charge >= 0.3 is 11.4 Å². The van der Waals surface area contributed by atoms with Crippen molar-refractivity contribution in [1.29, 1.82) is 0 Å². The number of rotatable bonds is 0. The van der Waals surface area contributed by atoms with E-state index in [0.29, 0.717) is 23.7 Å². The molecule has 7 aliphatic rings. The van der Waals surface area contributed by atoms with E-state index in [0.717, 1.165) is 0 Å². The van der Waals surface area contributed by atoms with Crippen LogP contribution in [0.5, 0.6) is 0 Å². The highest BCUT2D eigenvalue weighted by molar-refractivity contribution is 7.91. The van der Waals surface area contributed by atoms with Crippen LogP contribution in [0.15, 0.2) is 9.59 Å². The fourth-order valence-corrected chi connectivity index (χ4v) is 10.9. The summed E-state index contributed by atoms with van der Waals surface area (Å²) in [5, 5.41) is 0. The van der Waals surface area contributed by atoms with Gasteiger partial charge in [-0.05, 0) is 23.7 Å². The first-order chi connectivity index (χ1) is 9.88. The van der Waals surface area contributed by atoms with Crippen molar-refractivity contribution in [2.75, 3.05) is 11.5 Å². The van der Waals surface area contributed by atoms with Crippen LogP contribution in [0.1, 0.15) is 12.1 Å². The van der Waals surface area contributed by atoms with Crippen molar-refractivity contribution in [2.45, 2.75) is 12.1 Å². The molecular weight excluding hydrogens is 294 g/mol. The smallest absolute Gasteiger partial charge is 0.246 e. The highest BCUT2D eigenvalue weighted by atomic mass is 32.2. The van der Waals surface area contributed by atoms with E-state index >= 15 is 0 Å². The molecule has 4 aliphatic carbocycles. The monoisotopic (exact) mass is 307 g/mol. The minimum absolute atomic E-state index is 0.0406. The molecule has 1 aromatic heterocycles. The van der Waals surface area contributed by atoms with Crippen LogP contribution in [-0.2, 0) is 16.9 Å². The Bertz CT molecular complexity index is 957. The predicted octanol–water partition coefficient (Wildman–Crippen LogP) is -1.64. The van der Waals surface area contributed by atoms with E-state index in [1.165, 1.54) is 11.6 Å². The van der Waals surface area contributed by atoms with Crippen molar-refractivity contribution in [3.05, 3.63) is 21.0 Å². The van der Waals surface area contributed by atoms with Gasteiger partial charge in [-0.3, -0.25) is 0 Å². The Morgan fingerprint density at radius 3 is 1.81 bits per heavy atom. The Morgan fingerprint density at radius 1 is 0.952 bits per heavy atom. The summed E-state index contributed by atoms with van der Waals surface area (Å²) in [5.41, 5.74) is -0.958. The fourth-order valence-electron chi connectivity index (χ4n) is 8.13. The third-order valence-corrected chi connectivity index (χ3v) is 9.98. The molecule has 4 saturated carbocycles. The third kappa shape index (κ3) is 0.569. The van der Waals surface area contributed by atoms with Crippen LogP contribution < -0.4 is 11.4 Å². The summed E-state index contributed by atoms with van der Waals surface area (Å²) >= 11 is 0. The van der Waals surface area contributed by atoms with E-state index < -0.39 is 9.84 Å². The zero-order valence-electron chi connectivity index (χ0n) is 11.3. The van der Waals surface area contributed by atoms with Crippen LogP contribution in [0, 0.1) is 34.5 Å². The largest absolute Gasteiger partial charge is 0.347 e. The summed E-state index contributed by atoms with van der Waals surface area (Å²) in [6.07, 6.45) is 0. The lowest BCUT2D eigenvalue weighted by atomic mass is 9.06. The minimum atomic E-state index is -3.04. The van der Waals surface area contributed by atoms with Gasteiger partial charge in [0.2, 0.25) is 0 Å². The molecule has 0 amide bonds. The summed E-state index contributed by atoms with van der Waals surface area (Å²) in [4.78, 5) is 24.8. The predicted molar refractivity (Wildman–Crippen MR) is 69.5 cm³/mol. The average molecular weight is 307 g/mol. The molecular formula is C13H13N3O4S. The maximum atomic E-state index is 12.4. The summed E-state index contributed by atoms with van der Waals surface area (Å²) < 4.78 is 29.1. The second kappa shape index (κ2) is 2.19. The Balaban J connectivity index is 1.66. The van der Waals surface area contributed by atoms with E-state index in [9.17, 15) is 18.0 Å². The van der Waals surface area contributed by atoms with Gasteiger partial charge in [0.15, 0.2) is 9.84 Å². The zero-order chi connectivity index (χ0) is 14.3. The Labute approximate surface area is 119 Å². The lowest BCUT2D eigenvalue weighted by molar-refractivity contribution is -0.533. The van der Waals surface area contributed by atoms with Crippen molar-refractivity contribution in [3.8, 4) is 0 Å². The second-order valence-electron chi connectivity index (χ2n) is 8.02. The molecule has 8 atom stereocenters. The molecule has 0 unspecified atom stereocenters. The van der Waals surface area contributed by atoms with E-state index in [-0.39, 0.29) is 45.8 Å². The van der Waals surface area contributed by atoms with Gasteiger partial charge in [0.05, 0.1) is 23.6 Å². The number of nitrogens with zero attached hydrogens (tertiary/aromatic N) is 3. The first kappa shape index (κ1) is 10.4. The molecule has 5 fully saturated rings. The molecule has 8 rings (SSSR count). The van der Waals surface area contributed by atoms with Gasteiger partial charge in [-0.1, -0.05) is 0 Å². The molecule has 2 spiro atoms. The summed E-state index contributed by atoms with van der Waals surface area (Å²) in [5.74, 6) is 2.40. The number of hydrogen-bond acceptors (Lipinski definition) is 4. The van der Waals surface area contributed by atoms with Gasteiger partial charge in [0.1, 0.15) is 0 Å². The third-order valence-electron chi connectivity index (χ3n) is 8.14. The standard InChI is InChI=1S/C13H13N3O4S/c1-14-10(17)15-8-4-5-7-6(4)12(8)2-21(19,20)3-13(7,12)9(5)16(15)11(14)18/h4-9H,2-3H2,1H3/t4-,5+,6-,7+,8-,9-,12+,13-/m1/s1. The molecule has 4 heterocycles. The first-order valence-corrected chi connectivity index (χ1v) is 9.31. The van der Waals surface area contributed by atoms with Gasteiger partial charge in [0.25, 0.3) is 0 Å². The molecule has 2 bridgehead atoms. The molecule has 3 aliphatic heterocycles. The summed E-state index contributed by atoms with van der Waals surface area (Å²) in [6, 6.07) is -0.0812. The van der Waals surface area contributed by atoms with Gasteiger partial charge in [-0.25, -0.2) is 31.9 Å². The molecule has 0 N–H and O–H groups in total. The van der Waals surface area contributed by atoms with E-state index in [1.54, 1.807) is 9.36 Å². The molecule has 7 nitrogen and oxygen atoms in total. The molecule has 110 valence electrons. The van der Waals surface area contributed by atoms with Gasteiger partial charge in [-0.2, -0.15) is 0 Å². The second-order valence-corrected chi connectivity index (χ2v) is 10.1. The van der Waals surface area contributed by atoms with E-state index in [1.807, 2.05) is 0 Å². The lowest BCUT2D eigenvalue weighted by Gasteiger charge is -2.99. The Morgan fingerprint density at radius 2 is 1.38 bits per heavy atom. The number of aromatic nitrogens is 3. The van der Waals surface area contributed by atoms with Crippen molar-refractivity contribution in [3.63, 3.8) is 0 Å². The minimum Gasteiger partial charge on any atom is -0.246 e. The molecule has 0 aromatic carbocycles. The molecule has 0 radical (unpaired) electrons. The first-order valence-electron chi connectivity index (χ1n) is 7.49. The maximum Gasteiger partial charge on any atom is 0.347 e. The molecule has 1 saturated heterocycles. The quantitative estimate of drug-likeness (QED) is 0.576. The van der Waals surface area contributed by atoms with Crippen molar-refractivity contribution in [1.82, 2.24) is 13.9 Å². The van der Waals surface area contributed by atoms with Crippen LogP contribution in [0.2, 0.25) is 0 Å². The normalized spacial score (nSPS) is 60.8. The van der Waals surface area contributed by atoms with Crippen LogP contribution in [0.3, 0.4) is 0 Å². The van der Waals surface area contributed by atoms with Crippen molar-refractivity contribution >= 4 is 9.84 Å². The van der Waals surface area contributed by atoms with Gasteiger partial charge in [-0.15, -0.1) is 0 Å². The highest BCUT2D eigenvalue weighted by Crippen LogP contribution is 3.03. The zero-order valence-corrected chi connectivity index (χ0v) is 12.1. The van der Waals surface area contributed by atoms with Crippen LogP contribution >= 0.6 is 0 Å². The van der Waals surface area contributed by atoms with Gasteiger partial charge in [0, 0.05) is 17.9 Å². The van der Waals surface area contributed by atoms with Crippen LogP contribution in [0.25, 0.3) is 0 Å². The molecule has 8 heteroatoms. The Kier molecular flexibility index (Phi) is 1.09. The van der Waals surface area contributed by atoms with Crippen molar-refractivity contribution < 1.29 is 8.42 Å². The number of hydrogen-bond donors (Lipinski definition) is 0. The Hall–Kier alpha value is -1.31. The van der Waals surface area contributed by atoms with Gasteiger partial charge < -0.3 is 0 Å². The molecule has 1 aromatic rings. The number of sulfone groups is 1. The highest BCUT2D eigenvalue weighted by Gasteiger charge is 3.05. The topological polar surface area (TPSA) is 83.1 Å². The lowest BCUT2D eigenvalue weighted by Crippen LogP contribution is -3.00. The summed E-state index contributed by atoms with van der Waals surface area (Å²) in [6.45, 7) is 0. The van der Waals surface area contributed by atoms with Crippen molar-refractivity contribution in [2.24, 2.45) is 41.5 Å². The maximum absolute atomic E-state index is 12.4. The van der Waals surface area contributed by atoms with Crippen LogP contribution in [0.4, 0.5) is 0 Å². The molecule has 21 heavy (non-hydrogen) atoms. The average Bonchev–Trinajstić information content (AvgIpc) is 2.76. The fraction of sp³-hybridized carbons (Fsp3) is 0.846. The van der Waals surface area contributed by atoms with E-state index in [2.05, 4.69) is 0 Å².